The van der Waals surface area contributed by atoms with E-state index in [1.165, 1.54) is 12.3 Å². The minimum Gasteiger partial charge on any atom is -0.504 e. The lowest BCUT2D eigenvalue weighted by Crippen LogP contribution is -2.18. The molecule has 3 aromatic rings. The molecule has 2 N–H and O–H groups in total. The maximum atomic E-state index is 12.6. The maximum absolute atomic E-state index is 12.6. The van der Waals surface area contributed by atoms with Crippen molar-refractivity contribution in [2.45, 2.75) is 18.2 Å². The average Bonchev–Trinajstić information content (AvgIpc) is 2.71. The van der Waals surface area contributed by atoms with Crippen molar-refractivity contribution in [1.82, 2.24) is 4.83 Å². The van der Waals surface area contributed by atoms with Gasteiger partial charge in [0.1, 0.15) is 0 Å². The quantitative estimate of drug-likeness (QED) is 0.334. The SMILES string of the molecule is C=CCc1cc(C=NNS(=O)(=O)c2ccc3ccccc3c2)cc(OCC)c1O. The van der Waals surface area contributed by atoms with Crippen LogP contribution in [-0.2, 0) is 16.4 Å². The third-order valence-electron chi connectivity index (χ3n) is 4.26. The third-order valence-corrected chi connectivity index (χ3v) is 5.48. The number of phenolic OH excluding ortho intramolecular Hbond substituents is 1. The largest absolute Gasteiger partial charge is 0.504 e. The summed E-state index contributed by atoms with van der Waals surface area (Å²) in [5, 5.41) is 15.9. The van der Waals surface area contributed by atoms with Crippen LogP contribution in [0.5, 0.6) is 11.5 Å². The van der Waals surface area contributed by atoms with Gasteiger partial charge in [0.15, 0.2) is 11.5 Å². The number of ether oxygens (including phenoxy) is 1. The van der Waals surface area contributed by atoms with Gasteiger partial charge >= 0.3 is 0 Å². The van der Waals surface area contributed by atoms with E-state index in [1.54, 1.807) is 30.3 Å². The van der Waals surface area contributed by atoms with Gasteiger partial charge in [0.05, 0.1) is 17.7 Å². The molecule has 0 amide bonds. The Balaban J connectivity index is 1.84. The van der Waals surface area contributed by atoms with Gasteiger partial charge < -0.3 is 9.84 Å². The average molecular weight is 410 g/mol. The molecule has 6 nitrogen and oxygen atoms in total. The number of phenols is 1. The van der Waals surface area contributed by atoms with E-state index >= 15 is 0 Å². The Bertz CT molecular complexity index is 1170. The maximum Gasteiger partial charge on any atom is 0.276 e. The van der Waals surface area contributed by atoms with Gasteiger partial charge in [0, 0.05) is 5.56 Å². The summed E-state index contributed by atoms with van der Waals surface area (Å²) in [5.74, 6) is 0.353. The van der Waals surface area contributed by atoms with Gasteiger partial charge in [-0.1, -0.05) is 36.4 Å². The fraction of sp³-hybridized carbons (Fsp3) is 0.136. The zero-order valence-corrected chi connectivity index (χ0v) is 16.8. The van der Waals surface area contributed by atoms with Crippen molar-refractivity contribution in [3.05, 3.63) is 78.4 Å². The number of hydrogen-bond acceptors (Lipinski definition) is 5. The Kier molecular flexibility index (Phi) is 6.19. The van der Waals surface area contributed by atoms with Crippen LogP contribution in [0.3, 0.4) is 0 Å². The van der Waals surface area contributed by atoms with Gasteiger partial charge in [0.2, 0.25) is 0 Å². The second-order valence-corrected chi connectivity index (χ2v) is 7.98. The van der Waals surface area contributed by atoms with E-state index in [1.807, 2.05) is 31.2 Å². The highest BCUT2D eigenvalue weighted by atomic mass is 32.2. The van der Waals surface area contributed by atoms with Gasteiger partial charge in [-0.25, -0.2) is 4.83 Å². The molecular weight excluding hydrogens is 388 g/mol. The van der Waals surface area contributed by atoms with Crippen LogP contribution in [-0.4, -0.2) is 26.3 Å². The monoisotopic (exact) mass is 410 g/mol. The Morgan fingerprint density at radius 2 is 1.90 bits per heavy atom. The summed E-state index contributed by atoms with van der Waals surface area (Å²) in [6.07, 6.45) is 3.47. The lowest BCUT2D eigenvalue weighted by atomic mass is 10.1. The molecule has 0 aliphatic rings. The minimum atomic E-state index is -3.82. The molecule has 0 radical (unpaired) electrons. The second kappa shape index (κ2) is 8.79. The summed E-state index contributed by atoms with van der Waals surface area (Å²) in [7, 11) is -3.82. The molecular formula is C22H22N2O4S. The van der Waals surface area contributed by atoms with E-state index in [0.717, 1.165) is 10.8 Å². The van der Waals surface area contributed by atoms with Crippen LogP contribution in [0.1, 0.15) is 18.1 Å². The Morgan fingerprint density at radius 3 is 2.62 bits per heavy atom. The van der Waals surface area contributed by atoms with Crippen LogP contribution in [0.4, 0.5) is 0 Å². The first-order chi connectivity index (χ1) is 13.9. The number of benzene rings is 3. The molecule has 150 valence electrons. The van der Waals surface area contributed by atoms with Gasteiger partial charge in [-0.05, 0) is 53.9 Å². The highest BCUT2D eigenvalue weighted by molar-refractivity contribution is 7.89. The van der Waals surface area contributed by atoms with Crippen molar-refractivity contribution in [2.24, 2.45) is 5.10 Å². The number of fused-ring (bicyclic) bond motifs is 1. The molecule has 0 saturated heterocycles. The van der Waals surface area contributed by atoms with Crippen LogP contribution < -0.4 is 9.57 Å². The molecule has 0 atom stereocenters. The van der Waals surface area contributed by atoms with E-state index < -0.39 is 10.0 Å². The molecule has 3 rings (SSSR count). The van der Waals surface area contributed by atoms with E-state index in [-0.39, 0.29) is 10.6 Å². The molecule has 0 fully saturated rings. The first-order valence-electron chi connectivity index (χ1n) is 9.08. The smallest absolute Gasteiger partial charge is 0.276 e. The second-order valence-electron chi connectivity index (χ2n) is 6.31. The molecule has 0 heterocycles. The Labute approximate surface area is 170 Å². The first-order valence-corrected chi connectivity index (χ1v) is 10.6. The molecule has 0 spiro atoms. The number of sulfonamides is 1. The highest BCUT2D eigenvalue weighted by Crippen LogP contribution is 2.32. The zero-order chi connectivity index (χ0) is 20.9. The lowest BCUT2D eigenvalue weighted by molar-refractivity contribution is 0.317. The van der Waals surface area contributed by atoms with Crippen molar-refractivity contribution in [3.8, 4) is 11.5 Å². The molecule has 0 aromatic heterocycles. The van der Waals surface area contributed by atoms with Gasteiger partial charge in [-0.2, -0.15) is 13.5 Å². The van der Waals surface area contributed by atoms with Crippen LogP contribution in [0, 0.1) is 0 Å². The van der Waals surface area contributed by atoms with E-state index in [0.29, 0.717) is 29.9 Å². The van der Waals surface area contributed by atoms with Crippen LogP contribution >= 0.6 is 0 Å². The summed E-state index contributed by atoms with van der Waals surface area (Å²) in [4.78, 5) is 2.35. The summed E-state index contributed by atoms with van der Waals surface area (Å²) < 4.78 is 30.5. The molecule has 29 heavy (non-hydrogen) atoms. The molecule has 0 saturated carbocycles. The number of nitrogens with zero attached hydrogens (tertiary/aromatic N) is 1. The molecule has 7 heteroatoms. The fourth-order valence-electron chi connectivity index (χ4n) is 2.90. The zero-order valence-electron chi connectivity index (χ0n) is 16.0. The van der Waals surface area contributed by atoms with Crippen molar-refractivity contribution >= 4 is 27.0 Å². The highest BCUT2D eigenvalue weighted by Gasteiger charge is 2.14. The predicted octanol–water partition coefficient (Wildman–Crippen LogP) is 3.99. The Morgan fingerprint density at radius 1 is 1.14 bits per heavy atom. The normalized spacial score (nSPS) is 11.6. The Hall–Kier alpha value is -3.32. The van der Waals surface area contributed by atoms with Crippen molar-refractivity contribution in [2.75, 3.05) is 6.61 Å². The van der Waals surface area contributed by atoms with Crippen LogP contribution in [0.2, 0.25) is 0 Å². The number of aromatic hydroxyl groups is 1. The number of allylic oxidation sites excluding steroid dienone is 1. The third kappa shape index (κ3) is 4.75. The van der Waals surface area contributed by atoms with E-state index in [2.05, 4.69) is 16.5 Å². The number of hydrogen-bond donors (Lipinski definition) is 2. The fourth-order valence-corrected chi connectivity index (χ4v) is 3.72. The van der Waals surface area contributed by atoms with Gasteiger partial charge in [0.25, 0.3) is 10.0 Å². The van der Waals surface area contributed by atoms with Crippen molar-refractivity contribution < 1.29 is 18.3 Å². The van der Waals surface area contributed by atoms with Crippen molar-refractivity contribution in [1.29, 1.82) is 0 Å². The van der Waals surface area contributed by atoms with Crippen molar-refractivity contribution in [3.63, 3.8) is 0 Å². The van der Waals surface area contributed by atoms with E-state index in [4.69, 9.17) is 4.74 Å². The molecule has 0 bridgehead atoms. The molecule has 0 unspecified atom stereocenters. The predicted molar refractivity (Wildman–Crippen MR) is 115 cm³/mol. The number of rotatable bonds is 8. The van der Waals surface area contributed by atoms with Crippen LogP contribution in [0.15, 0.2) is 77.2 Å². The lowest BCUT2D eigenvalue weighted by Gasteiger charge is -2.11. The minimum absolute atomic E-state index is 0.0423. The summed E-state index contributed by atoms with van der Waals surface area (Å²) in [6, 6.07) is 15.7. The van der Waals surface area contributed by atoms with Gasteiger partial charge in [-0.3, -0.25) is 0 Å². The summed E-state index contributed by atoms with van der Waals surface area (Å²) in [6.45, 7) is 5.87. The standard InChI is InChI=1S/C22H22N2O4S/c1-3-7-19-12-16(13-21(22(19)25)28-4-2)15-23-24-29(26,27)20-11-10-17-8-5-6-9-18(17)14-20/h3,5-6,8-15,24-25H,1,4,7H2,2H3. The summed E-state index contributed by atoms with van der Waals surface area (Å²) >= 11 is 0. The van der Waals surface area contributed by atoms with Crippen LogP contribution in [0.25, 0.3) is 10.8 Å². The topological polar surface area (TPSA) is 88.0 Å². The van der Waals surface area contributed by atoms with E-state index in [9.17, 15) is 13.5 Å². The number of nitrogens with one attached hydrogen (secondary N) is 1. The molecule has 0 aliphatic carbocycles. The first kappa shape index (κ1) is 20.4. The summed E-state index contributed by atoms with van der Waals surface area (Å²) in [5.41, 5.74) is 1.20. The molecule has 3 aromatic carbocycles. The number of hydrazone groups is 1. The molecule has 0 aliphatic heterocycles. The van der Waals surface area contributed by atoms with Gasteiger partial charge in [-0.15, -0.1) is 6.58 Å².